The highest BCUT2D eigenvalue weighted by atomic mass is 35.5. The van der Waals surface area contributed by atoms with Gasteiger partial charge in [-0.25, -0.2) is 9.67 Å². The minimum atomic E-state index is -0.895. The summed E-state index contributed by atoms with van der Waals surface area (Å²) in [6.07, 6.45) is 7.20. The van der Waals surface area contributed by atoms with Crippen molar-refractivity contribution in [2.45, 2.75) is 31.3 Å². The van der Waals surface area contributed by atoms with E-state index in [0.29, 0.717) is 41.1 Å². The molecule has 1 aromatic carbocycles. The Kier molecular flexibility index (Phi) is 5.20. The summed E-state index contributed by atoms with van der Waals surface area (Å²) in [4.78, 5) is 6.41. The van der Waals surface area contributed by atoms with Gasteiger partial charge in [-0.1, -0.05) is 16.8 Å². The van der Waals surface area contributed by atoms with E-state index in [-0.39, 0.29) is 6.61 Å². The van der Waals surface area contributed by atoms with Gasteiger partial charge < -0.3 is 14.9 Å². The van der Waals surface area contributed by atoms with Gasteiger partial charge in [0.15, 0.2) is 0 Å². The molecule has 8 nitrogen and oxygen atoms in total. The van der Waals surface area contributed by atoms with Crippen LogP contribution >= 0.6 is 22.9 Å². The quantitative estimate of drug-likeness (QED) is 0.404. The highest BCUT2D eigenvalue weighted by Gasteiger charge is 2.33. The third kappa shape index (κ3) is 3.58. The fourth-order valence-electron chi connectivity index (χ4n) is 3.39. The molecule has 0 spiro atoms. The molecule has 0 radical (unpaired) electrons. The van der Waals surface area contributed by atoms with Crippen LogP contribution in [-0.4, -0.2) is 47.8 Å². The maximum Gasteiger partial charge on any atom is 0.141 e. The van der Waals surface area contributed by atoms with E-state index in [0.717, 1.165) is 23.4 Å². The molecule has 1 fully saturated rings. The molecule has 0 saturated heterocycles. The van der Waals surface area contributed by atoms with Gasteiger partial charge in [-0.05, 0) is 37.0 Å². The summed E-state index contributed by atoms with van der Waals surface area (Å²) >= 11 is 7.99. The minimum Gasteiger partial charge on any atom is -0.492 e. The van der Waals surface area contributed by atoms with E-state index in [1.54, 1.807) is 40.7 Å². The predicted molar refractivity (Wildman–Crippen MR) is 113 cm³/mol. The second-order valence-corrected chi connectivity index (χ2v) is 8.73. The van der Waals surface area contributed by atoms with Crippen LogP contribution in [-0.2, 0) is 0 Å². The third-order valence-electron chi connectivity index (χ3n) is 5.07. The first kappa shape index (κ1) is 19.5. The molecule has 30 heavy (non-hydrogen) atoms. The molecule has 5 rings (SSSR count). The van der Waals surface area contributed by atoms with Crippen LogP contribution in [0.2, 0.25) is 5.02 Å². The summed E-state index contributed by atoms with van der Waals surface area (Å²) in [5, 5.41) is 28.8. The van der Waals surface area contributed by atoms with Crippen LogP contribution in [0.25, 0.3) is 10.5 Å². The molecule has 3 heterocycles. The molecule has 3 aromatic heterocycles. The number of imidazole rings is 1. The average molecular weight is 446 g/mol. The summed E-state index contributed by atoms with van der Waals surface area (Å²) < 4.78 is 9.07. The average Bonchev–Trinajstić information content (AvgIpc) is 3.15. The number of rotatable bonds is 8. The van der Waals surface area contributed by atoms with Gasteiger partial charge in [0, 0.05) is 17.9 Å². The molecule has 0 bridgehead atoms. The summed E-state index contributed by atoms with van der Waals surface area (Å²) in [6.45, 7) is 0.458. The van der Waals surface area contributed by atoms with Gasteiger partial charge in [0.1, 0.15) is 28.7 Å². The summed E-state index contributed by atoms with van der Waals surface area (Å²) in [6, 6.07) is 5.31. The van der Waals surface area contributed by atoms with Crippen molar-refractivity contribution in [3.63, 3.8) is 0 Å². The largest absolute Gasteiger partial charge is 0.492 e. The van der Waals surface area contributed by atoms with Crippen molar-refractivity contribution in [3.05, 3.63) is 58.2 Å². The molecule has 1 aliphatic carbocycles. The van der Waals surface area contributed by atoms with Crippen LogP contribution in [0.1, 0.15) is 47.5 Å². The minimum absolute atomic E-state index is 0.0672. The molecule has 2 N–H and O–H groups in total. The molecule has 0 amide bonds. The lowest BCUT2D eigenvalue weighted by Gasteiger charge is -2.10. The standard InChI is InChI=1S/C20H20ClN5O3S/c21-14-8-13(4-5-16(14)29-7-1-6-27)26-10-15(23-24-26)19(28)18-20(12-2-3-12)30-17-9-22-11-25(17)18/h4-5,8-12,19,27-28H,1-3,6-7H2. The molecule has 4 aromatic rings. The summed E-state index contributed by atoms with van der Waals surface area (Å²) in [5.74, 6) is 1.05. The van der Waals surface area contributed by atoms with E-state index in [9.17, 15) is 5.11 Å². The molecule has 1 aliphatic rings. The number of aliphatic hydroxyl groups excluding tert-OH is 2. The normalized spacial score (nSPS) is 15.0. The fourth-order valence-corrected chi connectivity index (χ4v) is 4.92. The first-order valence-corrected chi connectivity index (χ1v) is 10.9. The van der Waals surface area contributed by atoms with Crippen molar-refractivity contribution in [3.8, 4) is 11.4 Å². The first-order chi connectivity index (χ1) is 14.7. The molecule has 1 unspecified atom stereocenters. The van der Waals surface area contributed by atoms with Crippen molar-refractivity contribution >= 4 is 27.8 Å². The lowest BCUT2D eigenvalue weighted by Crippen LogP contribution is -2.06. The van der Waals surface area contributed by atoms with E-state index < -0.39 is 6.10 Å². The fraction of sp³-hybridized carbons (Fsp3) is 0.350. The van der Waals surface area contributed by atoms with Gasteiger partial charge in [0.2, 0.25) is 0 Å². The van der Waals surface area contributed by atoms with Crippen molar-refractivity contribution in [1.82, 2.24) is 24.4 Å². The van der Waals surface area contributed by atoms with Gasteiger partial charge in [0.05, 0.1) is 35.4 Å². The van der Waals surface area contributed by atoms with Crippen molar-refractivity contribution in [1.29, 1.82) is 0 Å². The topological polar surface area (TPSA) is 97.7 Å². The van der Waals surface area contributed by atoms with Gasteiger partial charge in [0.25, 0.3) is 0 Å². The Morgan fingerprint density at radius 2 is 2.20 bits per heavy atom. The van der Waals surface area contributed by atoms with E-state index >= 15 is 0 Å². The Hall–Kier alpha value is -2.46. The molecule has 1 atom stereocenters. The number of thiazole rings is 1. The van der Waals surface area contributed by atoms with E-state index in [1.165, 1.54) is 4.88 Å². The van der Waals surface area contributed by atoms with Crippen LogP contribution in [0.5, 0.6) is 5.75 Å². The maximum absolute atomic E-state index is 11.1. The predicted octanol–water partition coefficient (Wildman–Crippen LogP) is 3.35. The molecule has 1 saturated carbocycles. The zero-order chi connectivity index (χ0) is 20.7. The lowest BCUT2D eigenvalue weighted by atomic mass is 10.1. The lowest BCUT2D eigenvalue weighted by molar-refractivity contribution is 0.208. The molecular formula is C20H20ClN5O3S. The number of hydrogen-bond acceptors (Lipinski definition) is 7. The number of nitrogens with zero attached hydrogens (tertiary/aromatic N) is 5. The number of benzene rings is 1. The van der Waals surface area contributed by atoms with Gasteiger partial charge in [-0.15, -0.1) is 16.4 Å². The smallest absolute Gasteiger partial charge is 0.141 e. The SMILES string of the molecule is OCCCOc1ccc(-n2cc(C(O)c3c(C4CC4)sc4cncn34)nn2)cc1Cl. The second kappa shape index (κ2) is 7.99. The zero-order valence-electron chi connectivity index (χ0n) is 16.0. The van der Waals surface area contributed by atoms with E-state index in [2.05, 4.69) is 15.3 Å². The van der Waals surface area contributed by atoms with Crippen molar-refractivity contribution in [2.24, 2.45) is 0 Å². The Bertz CT molecular complexity index is 1180. The second-order valence-electron chi connectivity index (χ2n) is 7.26. The molecule has 0 aliphatic heterocycles. The van der Waals surface area contributed by atoms with Crippen LogP contribution in [0, 0.1) is 0 Å². The molecule has 10 heteroatoms. The monoisotopic (exact) mass is 445 g/mol. The Balaban J connectivity index is 1.41. The third-order valence-corrected chi connectivity index (χ3v) is 6.64. The number of ether oxygens (including phenoxy) is 1. The number of aliphatic hydroxyl groups is 2. The van der Waals surface area contributed by atoms with Gasteiger partial charge in [-0.3, -0.25) is 4.40 Å². The van der Waals surface area contributed by atoms with Crippen LogP contribution in [0.4, 0.5) is 0 Å². The van der Waals surface area contributed by atoms with Crippen LogP contribution in [0.3, 0.4) is 0 Å². The number of aromatic nitrogens is 5. The van der Waals surface area contributed by atoms with Gasteiger partial charge >= 0.3 is 0 Å². The van der Waals surface area contributed by atoms with Crippen molar-refractivity contribution in [2.75, 3.05) is 13.2 Å². The summed E-state index contributed by atoms with van der Waals surface area (Å²) in [7, 11) is 0. The Labute approximate surface area is 181 Å². The van der Waals surface area contributed by atoms with Crippen LogP contribution in [0.15, 0.2) is 36.9 Å². The van der Waals surface area contributed by atoms with Crippen LogP contribution < -0.4 is 4.74 Å². The first-order valence-electron chi connectivity index (χ1n) is 9.74. The number of fused-ring (bicyclic) bond motifs is 1. The van der Waals surface area contributed by atoms with E-state index in [4.69, 9.17) is 21.4 Å². The van der Waals surface area contributed by atoms with Gasteiger partial charge in [-0.2, -0.15) is 0 Å². The molecular weight excluding hydrogens is 426 g/mol. The number of hydrogen-bond donors (Lipinski definition) is 2. The Morgan fingerprint density at radius 1 is 1.33 bits per heavy atom. The van der Waals surface area contributed by atoms with E-state index in [1.807, 2.05) is 16.7 Å². The maximum atomic E-state index is 11.1. The highest BCUT2D eigenvalue weighted by molar-refractivity contribution is 7.17. The highest BCUT2D eigenvalue weighted by Crippen LogP contribution is 2.47. The molecule has 156 valence electrons. The zero-order valence-corrected chi connectivity index (χ0v) is 17.6. The Morgan fingerprint density at radius 3 is 2.97 bits per heavy atom. The summed E-state index contributed by atoms with van der Waals surface area (Å²) in [5.41, 5.74) is 2.00. The van der Waals surface area contributed by atoms with Crippen molar-refractivity contribution < 1.29 is 14.9 Å². The number of halogens is 1.